The highest BCUT2D eigenvalue weighted by Crippen LogP contribution is 2.30. The molecule has 3 aromatic rings. The fourth-order valence-electron chi connectivity index (χ4n) is 2.23. The molecule has 3 nitrogen and oxygen atoms in total. The zero-order valence-corrected chi connectivity index (χ0v) is 13.4. The van der Waals surface area contributed by atoms with Gasteiger partial charge < -0.3 is 11.1 Å². The summed E-state index contributed by atoms with van der Waals surface area (Å²) in [5, 5.41) is 4.46. The van der Waals surface area contributed by atoms with Crippen molar-refractivity contribution in [2.24, 2.45) is 5.73 Å². The zero-order chi connectivity index (χ0) is 14.8. The Kier molecular flexibility index (Phi) is 3.86. The van der Waals surface area contributed by atoms with Crippen LogP contribution in [-0.2, 0) is 0 Å². The molecule has 21 heavy (non-hydrogen) atoms. The van der Waals surface area contributed by atoms with Crippen LogP contribution >= 0.6 is 28.1 Å². The fourth-order valence-corrected chi connectivity index (χ4v) is 3.16. The van der Waals surface area contributed by atoms with E-state index in [0.29, 0.717) is 4.99 Å². The molecule has 0 saturated heterocycles. The molecule has 0 aliphatic heterocycles. The van der Waals surface area contributed by atoms with E-state index in [9.17, 15) is 0 Å². The molecule has 0 aliphatic rings. The third-order valence-electron chi connectivity index (χ3n) is 3.16. The van der Waals surface area contributed by atoms with Crippen LogP contribution in [0, 0.1) is 0 Å². The molecule has 0 fully saturated rings. The predicted octanol–water partition coefficient (Wildman–Crippen LogP) is 4.38. The molecule has 1 aromatic heterocycles. The van der Waals surface area contributed by atoms with Gasteiger partial charge in [-0.2, -0.15) is 0 Å². The Bertz CT molecular complexity index is 827. The lowest BCUT2D eigenvalue weighted by Gasteiger charge is -2.14. The van der Waals surface area contributed by atoms with Crippen molar-refractivity contribution in [1.29, 1.82) is 0 Å². The number of nitrogens with zero attached hydrogens (tertiary/aromatic N) is 1. The molecule has 3 rings (SSSR count). The van der Waals surface area contributed by atoms with E-state index in [-0.39, 0.29) is 0 Å². The molecule has 0 aliphatic carbocycles. The van der Waals surface area contributed by atoms with E-state index >= 15 is 0 Å². The molecular formula is C16H12BrN3S. The standard InChI is InChI=1S/C16H12BrN3S/c17-11-6-2-7-12(14(11)16(18)21)20-13-8-1-4-10-5-3-9-19-15(10)13/h1-9,20H,(H2,18,21). The van der Waals surface area contributed by atoms with E-state index in [4.69, 9.17) is 18.0 Å². The van der Waals surface area contributed by atoms with E-state index in [1.807, 2.05) is 48.5 Å². The smallest absolute Gasteiger partial charge is 0.107 e. The summed E-state index contributed by atoms with van der Waals surface area (Å²) in [6, 6.07) is 15.8. The van der Waals surface area contributed by atoms with Gasteiger partial charge >= 0.3 is 0 Å². The molecule has 0 atom stereocenters. The molecule has 104 valence electrons. The van der Waals surface area contributed by atoms with Crippen LogP contribution < -0.4 is 11.1 Å². The second kappa shape index (κ2) is 5.79. The Labute approximate surface area is 136 Å². The second-order valence-corrected chi connectivity index (χ2v) is 5.83. The summed E-state index contributed by atoms with van der Waals surface area (Å²) in [5.41, 5.74) is 9.31. The highest BCUT2D eigenvalue weighted by atomic mass is 79.9. The first-order chi connectivity index (χ1) is 10.2. The molecule has 0 bridgehead atoms. The third-order valence-corrected chi connectivity index (χ3v) is 4.03. The van der Waals surface area contributed by atoms with Gasteiger partial charge in [-0.25, -0.2) is 0 Å². The van der Waals surface area contributed by atoms with Crippen molar-refractivity contribution in [3.8, 4) is 0 Å². The minimum atomic E-state index is 0.346. The first kappa shape index (κ1) is 14.0. The summed E-state index contributed by atoms with van der Waals surface area (Å²) < 4.78 is 0.869. The van der Waals surface area contributed by atoms with Gasteiger partial charge in [0.25, 0.3) is 0 Å². The van der Waals surface area contributed by atoms with Crippen molar-refractivity contribution in [1.82, 2.24) is 4.98 Å². The molecule has 0 amide bonds. The number of aromatic nitrogens is 1. The van der Waals surface area contributed by atoms with Crippen molar-refractivity contribution in [2.75, 3.05) is 5.32 Å². The van der Waals surface area contributed by atoms with E-state index < -0.39 is 0 Å². The molecule has 0 saturated carbocycles. The Balaban J connectivity index is 2.12. The van der Waals surface area contributed by atoms with Gasteiger partial charge in [0.1, 0.15) is 4.99 Å². The van der Waals surface area contributed by atoms with Crippen LogP contribution in [0.1, 0.15) is 5.56 Å². The van der Waals surface area contributed by atoms with Gasteiger partial charge in [-0.05, 0) is 40.2 Å². The number of halogens is 1. The van der Waals surface area contributed by atoms with E-state index in [1.54, 1.807) is 6.20 Å². The summed E-state index contributed by atoms with van der Waals surface area (Å²) in [4.78, 5) is 4.78. The van der Waals surface area contributed by atoms with Gasteiger partial charge in [0, 0.05) is 27.3 Å². The van der Waals surface area contributed by atoms with Crippen molar-refractivity contribution >= 4 is 55.4 Å². The lowest BCUT2D eigenvalue weighted by Crippen LogP contribution is -2.12. The third kappa shape index (κ3) is 2.75. The van der Waals surface area contributed by atoms with Crippen LogP contribution in [0.15, 0.2) is 59.2 Å². The normalized spacial score (nSPS) is 10.5. The van der Waals surface area contributed by atoms with Crippen LogP contribution in [0.4, 0.5) is 11.4 Å². The molecule has 3 N–H and O–H groups in total. The molecule has 5 heteroatoms. The average molecular weight is 358 g/mol. The maximum atomic E-state index is 5.83. The van der Waals surface area contributed by atoms with Crippen molar-refractivity contribution in [3.63, 3.8) is 0 Å². The fraction of sp³-hybridized carbons (Fsp3) is 0. The van der Waals surface area contributed by atoms with Crippen molar-refractivity contribution < 1.29 is 0 Å². The first-order valence-corrected chi connectivity index (χ1v) is 7.56. The topological polar surface area (TPSA) is 50.9 Å². The van der Waals surface area contributed by atoms with Gasteiger partial charge in [0.2, 0.25) is 0 Å². The lowest BCUT2D eigenvalue weighted by atomic mass is 10.1. The van der Waals surface area contributed by atoms with Crippen LogP contribution in [0.3, 0.4) is 0 Å². The molecule has 0 spiro atoms. The summed E-state index contributed by atoms with van der Waals surface area (Å²) in [6.45, 7) is 0. The minimum absolute atomic E-state index is 0.346. The molecule has 0 unspecified atom stereocenters. The number of hydrogen-bond acceptors (Lipinski definition) is 3. The zero-order valence-electron chi connectivity index (χ0n) is 11.0. The average Bonchev–Trinajstić information content (AvgIpc) is 2.47. The number of benzene rings is 2. The van der Waals surface area contributed by atoms with Crippen LogP contribution in [0.2, 0.25) is 0 Å². The number of nitrogens with one attached hydrogen (secondary N) is 1. The SMILES string of the molecule is NC(=S)c1c(Br)cccc1Nc1cccc2cccnc12. The van der Waals surface area contributed by atoms with Gasteiger partial charge in [-0.3, -0.25) is 4.98 Å². The summed E-state index contributed by atoms with van der Waals surface area (Å²) >= 11 is 8.63. The lowest BCUT2D eigenvalue weighted by molar-refractivity contribution is 1.40. The highest BCUT2D eigenvalue weighted by Gasteiger charge is 2.11. The summed E-state index contributed by atoms with van der Waals surface area (Å²) in [5.74, 6) is 0. The number of nitrogens with two attached hydrogens (primary N) is 1. The van der Waals surface area contributed by atoms with E-state index in [1.165, 1.54) is 0 Å². The van der Waals surface area contributed by atoms with Gasteiger partial charge in [0.05, 0.1) is 11.2 Å². The molecule has 2 aromatic carbocycles. The van der Waals surface area contributed by atoms with Crippen molar-refractivity contribution in [3.05, 3.63) is 64.8 Å². The number of para-hydroxylation sites is 1. The maximum absolute atomic E-state index is 5.83. The van der Waals surface area contributed by atoms with Crippen LogP contribution in [-0.4, -0.2) is 9.97 Å². The molecular weight excluding hydrogens is 346 g/mol. The van der Waals surface area contributed by atoms with Crippen LogP contribution in [0.25, 0.3) is 10.9 Å². The number of thiocarbonyl (C=S) groups is 1. The Morgan fingerprint density at radius 3 is 2.57 bits per heavy atom. The minimum Gasteiger partial charge on any atom is -0.389 e. The largest absolute Gasteiger partial charge is 0.389 e. The predicted molar refractivity (Wildman–Crippen MR) is 95.1 cm³/mol. The van der Waals surface area contributed by atoms with Gasteiger partial charge in [-0.1, -0.05) is 36.5 Å². The first-order valence-electron chi connectivity index (χ1n) is 6.36. The van der Waals surface area contributed by atoms with Gasteiger partial charge in [-0.15, -0.1) is 0 Å². The Morgan fingerprint density at radius 2 is 1.76 bits per heavy atom. The molecule has 0 radical (unpaired) electrons. The van der Waals surface area contributed by atoms with E-state index in [2.05, 4.69) is 26.2 Å². The van der Waals surface area contributed by atoms with E-state index in [0.717, 1.165) is 32.3 Å². The summed E-state index contributed by atoms with van der Waals surface area (Å²) in [6.07, 6.45) is 1.78. The number of pyridine rings is 1. The monoisotopic (exact) mass is 357 g/mol. The van der Waals surface area contributed by atoms with Crippen molar-refractivity contribution in [2.45, 2.75) is 0 Å². The summed E-state index contributed by atoms with van der Waals surface area (Å²) in [7, 11) is 0. The number of fused-ring (bicyclic) bond motifs is 1. The Hall–Kier alpha value is -1.98. The maximum Gasteiger partial charge on any atom is 0.107 e. The number of anilines is 2. The number of rotatable bonds is 3. The van der Waals surface area contributed by atoms with Crippen LogP contribution in [0.5, 0.6) is 0 Å². The highest BCUT2D eigenvalue weighted by molar-refractivity contribution is 9.10. The number of hydrogen-bond donors (Lipinski definition) is 2. The quantitative estimate of drug-likeness (QED) is 0.683. The molecule has 1 heterocycles. The van der Waals surface area contributed by atoms with Gasteiger partial charge in [0.15, 0.2) is 0 Å². The Morgan fingerprint density at radius 1 is 1.05 bits per heavy atom. The second-order valence-electron chi connectivity index (χ2n) is 4.53.